The third-order valence-corrected chi connectivity index (χ3v) is 1.76. The van der Waals surface area contributed by atoms with E-state index in [9.17, 15) is 9.90 Å². The number of carbonyl (C=O) groups is 1. The smallest absolute Gasteiger partial charge is 0.267 e. The van der Waals surface area contributed by atoms with Crippen LogP contribution in [0.5, 0.6) is 0 Å². The van der Waals surface area contributed by atoms with Crippen LogP contribution >= 0.6 is 0 Å². The summed E-state index contributed by atoms with van der Waals surface area (Å²) in [6, 6.07) is 8.18. The van der Waals surface area contributed by atoms with Crippen LogP contribution in [0.3, 0.4) is 0 Å². The van der Waals surface area contributed by atoms with Crippen molar-refractivity contribution in [3.63, 3.8) is 0 Å². The van der Waals surface area contributed by atoms with E-state index >= 15 is 0 Å². The molecule has 0 saturated heterocycles. The standard InChI is InChI=1S/C10H9NO2/c1-2-10(13,9(11)12)8-6-4-3-5-7-8/h1,3-7,13H,(H2,11,12). The van der Waals surface area contributed by atoms with Gasteiger partial charge in [0.05, 0.1) is 0 Å². The number of aliphatic hydroxyl groups is 1. The van der Waals surface area contributed by atoms with Gasteiger partial charge in [0.1, 0.15) is 0 Å². The normalized spacial score (nSPS) is 14.2. The predicted molar refractivity (Wildman–Crippen MR) is 48.4 cm³/mol. The molecule has 1 atom stereocenters. The van der Waals surface area contributed by atoms with Crippen molar-refractivity contribution in [2.24, 2.45) is 5.73 Å². The van der Waals surface area contributed by atoms with Crippen molar-refractivity contribution in [3.8, 4) is 12.3 Å². The van der Waals surface area contributed by atoms with Crippen molar-refractivity contribution >= 4 is 5.91 Å². The van der Waals surface area contributed by atoms with Crippen molar-refractivity contribution in [3.05, 3.63) is 35.9 Å². The van der Waals surface area contributed by atoms with Gasteiger partial charge in [-0.1, -0.05) is 36.3 Å². The second-order valence-electron chi connectivity index (χ2n) is 2.59. The molecule has 1 amide bonds. The first-order valence-electron chi connectivity index (χ1n) is 3.67. The topological polar surface area (TPSA) is 63.3 Å². The first kappa shape index (κ1) is 9.30. The van der Waals surface area contributed by atoms with Crippen LogP contribution in [0.2, 0.25) is 0 Å². The van der Waals surface area contributed by atoms with E-state index < -0.39 is 11.5 Å². The number of benzene rings is 1. The second-order valence-corrected chi connectivity index (χ2v) is 2.59. The Morgan fingerprint density at radius 1 is 1.46 bits per heavy atom. The third kappa shape index (κ3) is 1.53. The quantitative estimate of drug-likeness (QED) is 0.621. The fraction of sp³-hybridized carbons (Fsp3) is 0.100. The summed E-state index contributed by atoms with van der Waals surface area (Å²) in [5.41, 5.74) is 3.29. The third-order valence-electron chi connectivity index (χ3n) is 1.76. The Labute approximate surface area is 76.2 Å². The number of carbonyl (C=O) groups excluding carboxylic acids is 1. The number of amides is 1. The van der Waals surface area contributed by atoms with Crippen molar-refractivity contribution < 1.29 is 9.90 Å². The van der Waals surface area contributed by atoms with Gasteiger partial charge in [-0.25, -0.2) is 0 Å². The molecule has 1 rings (SSSR count). The molecule has 0 heterocycles. The van der Waals surface area contributed by atoms with Crippen LogP contribution < -0.4 is 5.73 Å². The molecule has 1 unspecified atom stereocenters. The van der Waals surface area contributed by atoms with Crippen molar-refractivity contribution in [1.29, 1.82) is 0 Å². The molecule has 0 radical (unpaired) electrons. The van der Waals surface area contributed by atoms with Gasteiger partial charge in [0.25, 0.3) is 5.91 Å². The summed E-state index contributed by atoms with van der Waals surface area (Å²) in [4.78, 5) is 10.9. The molecule has 0 saturated carbocycles. The zero-order valence-corrected chi connectivity index (χ0v) is 6.90. The van der Waals surface area contributed by atoms with Crippen LogP contribution in [0, 0.1) is 12.3 Å². The van der Waals surface area contributed by atoms with Gasteiger partial charge in [-0.2, -0.15) is 0 Å². The summed E-state index contributed by atoms with van der Waals surface area (Å²) in [7, 11) is 0. The number of primary amides is 1. The monoisotopic (exact) mass is 175 g/mol. The number of terminal acetylenes is 1. The Balaban J connectivity index is 3.21. The van der Waals surface area contributed by atoms with Gasteiger partial charge in [0.15, 0.2) is 0 Å². The SMILES string of the molecule is C#CC(O)(C(N)=O)c1ccccc1. The van der Waals surface area contributed by atoms with Gasteiger partial charge in [-0.3, -0.25) is 4.79 Å². The van der Waals surface area contributed by atoms with Crippen LogP contribution in [0.4, 0.5) is 0 Å². The molecule has 0 bridgehead atoms. The molecule has 66 valence electrons. The lowest BCUT2D eigenvalue weighted by molar-refractivity contribution is -0.131. The van der Waals surface area contributed by atoms with Crippen LogP contribution in [0.25, 0.3) is 0 Å². The zero-order chi connectivity index (χ0) is 9.90. The minimum absolute atomic E-state index is 0.310. The minimum Gasteiger partial charge on any atom is -0.366 e. The summed E-state index contributed by atoms with van der Waals surface area (Å²) < 4.78 is 0. The molecule has 3 nitrogen and oxygen atoms in total. The molecule has 13 heavy (non-hydrogen) atoms. The Morgan fingerprint density at radius 3 is 2.38 bits per heavy atom. The first-order chi connectivity index (χ1) is 6.11. The van der Waals surface area contributed by atoms with E-state index in [1.54, 1.807) is 30.3 Å². The Hall–Kier alpha value is -1.79. The molecule has 0 fully saturated rings. The maximum Gasteiger partial charge on any atom is 0.267 e. The average molecular weight is 175 g/mol. The first-order valence-corrected chi connectivity index (χ1v) is 3.67. The number of hydrogen-bond donors (Lipinski definition) is 2. The fourth-order valence-corrected chi connectivity index (χ4v) is 0.976. The summed E-state index contributed by atoms with van der Waals surface area (Å²) >= 11 is 0. The number of hydrogen-bond acceptors (Lipinski definition) is 2. The molecule has 3 heteroatoms. The molecule has 0 aliphatic rings. The lowest BCUT2D eigenvalue weighted by Gasteiger charge is -2.17. The van der Waals surface area contributed by atoms with Gasteiger partial charge < -0.3 is 10.8 Å². The maximum atomic E-state index is 10.9. The van der Waals surface area contributed by atoms with Gasteiger partial charge in [0.2, 0.25) is 5.60 Å². The molecular formula is C10H9NO2. The van der Waals surface area contributed by atoms with Gasteiger partial charge in [0, 0.05) is 5.56 Å². The molecule has 0 aliphatic heterocycles. The van der Waals surface area contributed by atoms with E-state index in [0.717, 1.165) is 0 Å². The number of nitrogens with two attached hydrogens (primary N) is 1. The highest BCUT2D eigenvalue weighted by Gasteiger charge is 2.33. The Kier molecular flexibility index (Phi) is 2.36. The molecule has 0 aromatic heterocycles. The van der Waals surface area contributed by atoms with Gasteiger partial charge in [-0.15, -0.1) is 6.42 Å². The van der Waals surface area contributed by atoms with E-state index in [-0.39, 0.29) is 0 Å². The van der Waals surface area contributed by atoms with Crippen molar-refractivity contribution in [2.75, 3.05) is 0 Å². The highest BCUT2D eigenvalue weighted by Crippen LogP contribution is 2.18. The second kappa shape index (κ2) is 3.30. The summed E-state index contributed by atoms with van der Waals surface area (Å²) in [5, 5.41) is 9.66. The molecular weight excluding hydrogens is 166 g/mol. The van der Waals surface area contributed by atoms with E-state index in [1.165, 1.54) is 0 Å². The van der Waals surface area contributed by atoms with E-state index in [2.05, 4.69) is 0 Å². The van der Waals surface area contributed by atoms with Crippen LogP contribution in [0.1, 0.15) is 5.56 Å². The Bertz CT molecular complexity index is 353. The fourth-order valence-electron chi connectivity index (χ4n) is 0.976. The molecule has 1 aromatic rings. The average Bonchev–Trinajstić information content (AvgIpc) is 2.17. The lowest BCUT2D eigenvalue weighted by atomic mass is 9.94. The number of rotatable bonds is 2. The lowest BCUT2D eigenvalue weighted by Crippen LogP contribution is -2.39. The van der Waals surface area contributed by atoms with Crippen molar-refractivity contribution in [2.45, 2.75) is 5.60 Å². The van der Waals surface area contributed by atoms with Gasteiger partial charge in [-0.05, 0) is 0 Å². The largest absolute Gasteiger partial charge is 0.366 e. The zero-order valence-electron chi connectivity index (χ0n) is 6.90. The minimum atomic E-state index is -2.00. The molecule has 3 N–H and O–H groups in total. The Morgan fingerprint density at radius 2 is 2.00 bits per heavy atom. The summed E-state index contributed by atoms with van der Waals surface area (Å²) in [6.07, 6.45) is 5.04. The highest BCUT2D eigenvalue weighted by molar-refractivity contribution is 5.88. The highest BCUT2D eigenvalue weighted by atomic mass is 16.3. The van der Waals surface area contributed by atoms with Crippen molar-refractivity contribution in [1.82, 2.24) is 0 Å². The van der Waals surface area contributed by atoms with Gasteiger partial charge >= 0.3 is 0 Å². The molecule has 0 spiro atoms. The molecule has 1 aromatic carbocycles. The van der Waals surface area contributed by atoms with E-state index in [4.69, 9.17) is 12.2 Å². The molecule has 0 aliphatic carbocycles. The predicted octanol–water partition coefficient (Wildman–Crippen LogP) is -0.00730. The van der Waals surface area contributed by atoms with E-state index in [1.807, 2.05) is 5.92 Å². The maximum absolute atomic E-state index is 10.9. The van der Waals surface area contributed by atoms with Crippen LogP contribution in [-0.4, -0.2) is 11.0 Å². The van der Waals surface area contributed by atoms with E-state index in [0.29, 0.717) is 5.56 Å². The van der Waals surface area contributed by atoms with Crippen LogP contribution in [0.15, 0.2) is 30.3 Å². The summed E-state index contributed by atoms with van der Waals surface area (Å²) in [6.45, 7) is 0. The van der Waals surface area contributed by atoms with Crippen LogP contribution in [-0.2, 0) is 10.4 Å². The summed E-state index contributed by atoms with van der Waals surface area (Å²) in [5.74, 6) is 1.03.